The van der Waals surface area contributed by atoms with E-state index in [1.165, 1.54) is 0 Å². The van der Waals surface area contributed by atoms with E-state index >= 15 is 0 Å². The van der Waals surface area contributed by atoms with Crippen molar-refractivity contribution in [3.8, 4) is 28.4 Å². The van der Waals surface area contributed by atoms with Crippen LogP contribution >= 0.6 is 0 Å². The Morgan fingerprint density at radius 1 is 1.09 bits per heavy atom. The highest BCUT2D eigenvalue weighted by Gasteiger charge is 2.58. The van der Waals surface area contributed by atoms with Gasteiger partial charge in [0.25, 0.3) is 5.91 Å². The number of rotatable bonds is 9. The van der Waals surface area contributed by atoms with Crippen LogP contribution in [0, 0.1) is 11.3 Å². The van der Waals surface area contributed by atoms with Gasteiger partial charge in [0.15, 0.2) is 11.5 Å². The van der Waals surface area contributed by atoms with E-state index in [2.05, 4.69) is 19.2 Å². The smallest absolute Gasteiger partial charge is 0.313 e. The lowest BCUT2D eigenvalue weighted by molar-refractivity contribution is -0.147. The van der Waals surface area contributed by atoms with Crippen molar-refractivity contribution in [2.45, 2.75) is 45.8 Å². The van der Waals surface area contributed by atoms with Crippen molar-refractivity contribution in [2.75, 3.05) is 14.2 Å². The third-order valence-electron chi connectivity index (χ3n) is 6.38. The Kier molecular flexibility index (Phi) is 5.75. The Hall–Kier alpha value is -3.22. The first-order chi connectivity index (χ1) is 15.3. The molecule has 7 heteroatoms. The molecular weight excluding hydrogens is 410 g/mol. The molecule has 0 spiro atoms. The van der Waals surface area contributed by atoms with Gasteiger partial charge in [-0.15, -0.1) is 0 Å². The highest BCUT2D eigenvalue weighted by atomic mass is 16.5. The molecule has 170 valence electrons. The second-order valence-corrected chi connectivity index (χ2v) is 8.93. The molecule has 1 aliphatic carbocycles. The van der Waals surface area contributed by atoms with Gasteiger partial charge in [0.1, 0.15) is 11.5 Å². The lowest BCUT2D eigenvalue weighted by Crippen LogP contribution is -2.36. The molecule has 2 N–H and O–H groups in total. The second-order valence-electron chi connectivity index (χ2n) is 8.93. The molecule has 2 aromatic carbocycles. The molecule has 1 saturated carbocycles. The zero-order valence-electron chi connectivity index (χ0n) is 18.9. The van der Waals surface area contributed by atoms with Crippen LogP contribution in [0.1, 0.15) is 49.0 Å². The minimum Gasteiger partial charge on any atom is -0.493 e. The Balaban J connectivity index is 1.82. The summed E-state index contributed by atoms with van der Waals surface area (Å²) in [5.41, 5.74) is 2.32. The minimum atomic E-state index is -0.885. The summed E-state index contributed by atoms with van der Waals surface area (Å²) >= 11 is 0. The number of hydrogen-bond donors (Lipinski definition) is 2. The monoisotopic (exact) mass is 439 g/mol. The van der Waals surface area contributed by atoms with Crippen molar-refractivity contribution >= 4 is 11.9 Å². The summed E-state index contributed by atoms with van der Waals surface area (Å²) < 4.78 is 17.7. The minimum absolute atomic E-state index is 0.0792. The fourth-order valence-electron chi connectivity index (χ4n) is 4.41. The van der Waals surface area contributed by atoms with Gasteiger partial charge in [0, 0.05) is 17.7 Å². The maximum atomic E-state index is 12.1. The Morgan fingerprint density at radius 2 is 1.81 bits per heavy atom. The number of amides is 1. The topological polar surface area (TPSA) is 94.1 Å². The van der Waals surface area contributed by atoms with Gasteiger partial charge in [-0.25, -0.2) is 0 Å². The molecule has 7 nitrogen and oxygen atoms in total. The van der Waals surface area contributed by atoms with Crippen LogP contribution in [-0.2, 0) is 11.3 Å². The normalized spacial score (nSPS) is 16.8. The van der Waals surface area contributed by atoms with Crippen LogP contribution in [0.2, 0.25) is 0 Å². The zero-order valence-corrected chi connectivity index (χ0v) is 18.9. The molecule has 0 saturated heterocycles. The summed E-state index contributed by atoms with van der Waals surface area (Å²) in [5, 5.41) is 12.8. The summed E-state index contributed by atoms with van der Waals surface area (Å²) in [5.74, 6) is 0.747. The van der Waals surface area contributed by atoms with E-state index in [0.717, 1.165) is 16.7 Å². The maximum Gasteiger partial charge on any atom is 0.313 e. The van der Waals surface area contributed by atoms with Crippen LogP contribution in [0.3, 0.4) is 0 Å². The molecule has 1 fully saturated rings. The van der Waals surface area contributed by atoms with Gasteiger partial charge in [-0.3, -0.25) is 9.59 Å². The van der Waals surface area contributed by atoms with E-state index in [9.17, 15) is 14.7 Å². The number of fused-ring (bicyclic) bond motifs is 1. The fraction of sp³-hybridized carbons (Fsp3) is 0.440. The molecule has 2 aromatic rings. The molecule has 0 bridgehead atoms. The third-order valence-corrected chi connectivity index (χ3v) is 6.38. The van der Waals surface area contributed by atoms with Crippen LogP contribution in [0.5, 0.6) is 17.2 Å². The van der Waals surface area contributed by atoms with E-state index in [-0.39, 0.29) is 11.8 Å². The predicted octanol–water partition coefficient (Wildman–Crippen LogP) is 4.27. The molecule has 0 radical (unpaired) electrons. The number of carboxylic acid groups (broad SMARTS) is 1. The Labute approximate surface area is 187 Å². The van der Waals surface area contributed by atoms with Crippen molar-refractivity contribution in [1.82, 2.24) is 5.32 Å². The standard InChI is InChI=1S/C25H29NO6/c1-14(2)11-20(25(9-10-25)24(28)29)32-21-17(7-8-19(30-3)22(21)31-4)15-5-6-18-16(12-15)13-26-23(18)27/h5-8,12,14,20H,9-11,13H2,1-4H3,(H,26,27)(H,28,29). The largest absolute Gasteiger partial charge is 0.493 e. The third kappa shape index (κ3) is 3.76. The van der Waals surface area contributed by atoms with Crippen LogP contribution in [0.15, 0.2) is 30.3 Å². The van der Waals surface area contributed by atoms with Crippen LogP contribution in [0.4, 0.5) is 0 Å². The number of carboxylic acids is 1. The molecule has 1 amide bonds. The molecule has 1 heterocycles. The van der Waals surface area contributed by atoms with E-state index in [4.69, 9.17) is 14.2 Å². The van der Waals surface area contributed by atoms with Gasteiger partial charge in [-0.1, -0.05) is 19.9 Å². The second kappa shape index (κ2) is 8.37. The molecule has 2 aliphatic rings. The van der Waals surface area contributed by atoms with Gasteiger partial charge in [-0.05, 0) is 60.6 Å². The first-order valence-corrected chi connectivity index (χ1v) is 10.9. The number of methoxy groups -OCH3 is 2. The number of nitrogens with one attached hydrogen (secondary N) is 1. The van der Waals surface area contributed by atoms with Crippen LogP contribution in [0.25, 0.3) is 11.1 Å². The fourth-order valence-corrected chi connectivity index (χ4v) is 4.41. The molecular formula is C25H29NO6. The lowest BCUT2D eigenvalue weighted by atomic mass is 9.91. The average molecular weight is 440 g/mol. The number of carbonyl (C=O) groups is 2. The SMILES string of the molecule is COc1ccc(-c2ccc3c(c2)CNC3=O)c(OC(CC(C)C)C2(C(=O)O)CC2)c1OC. The van der Waals surface area contributed by atoms with Gasteiger partial charge >= 0.3 is 5.97 Å². The van der Waals surface area contributed by atoms with Gasteiger partial charge in [0.05, 0.1) is 14.2 Å². The molecule has 0 aromatic heterocycles. The first-order valence-electron chi connectivity index (χ1n) is 10.9. The van der Waals surface area contributed by atoms with E-state index in [1.807, 2.05) is 18.2 Å². The summed E-state index contributed by atoms with van der Waals surface area (Å²) in [6, 6.07) is 9.33. The van der Waals surface area contributed by atoms with Gasteiger partial charge < -0.3 is 24.6 Å². The summed E-state index contributed by atoms with van der Waals surface area (Å²) in [4.78, 5) is 24.1. The molecule has 1 unspecified atom stereocenters. The first kappa shape index (κ1) is 22.0. The van der Waals surface area contributed by atoms with Crippen molar-refractivity contribution in [3.05, 3.63) is 41.5 Å². The number of carbonyl (C=O) groups excluding carboxylic acids is 1. The highest BCUT2D eigenvalue weighted by Crippen LogP contribution is 2.54. The number of ether oxygens (including phenoxy) is 3. The lowest BCUT2D eigenvalue weighted by Gasteiger charge is -2.29. The van der Waals surface area contributed by atoms with Gasteiger partial charge in [-0.2, -0.15) is 0 Å². The Bertz CT molecular complexity index is 1060. The van der Waals surface area contributed by atoms with Crippen molar-refractivity contribution < 1.29 is 28.9 Å². The number of benzene rings is 2. The summed E-state index contributed by atoms with van der Waals surface area (Å²) in [7, 11) is 3.10. The molecule has 32 heavy (non-hydrogen) atoms. The van der Waals surface area contributed by atoms with Crippen molar-refractivity contribution in [3.63, 3.8) is 0 Å². The van der Waals surface area contributed by atoms with Crippen LogP contribution in [-0.4, -0.2) is 37.3 Å². The predicted molar refractivity (Wildman–Crippen MR) is 119 cm³/mol. The quantitative estimate of drug-likeness (QED) is 0.606. The van der Waals surface area contributed by atoms with E-state index < -0.39 is 17.5 Å². The average Bonchev–Trinajstić information content (AvgIpc) is 3.51. The van der Waals surface area contributed by atoms with Crippen molar-refractivity contribution in [2.24, 2.45) is 11.3 Å². The van der Waals surface area contributed by atoms with Crippen molar-refractivity contribution in [1.29, 1.82) is 0 Å². The van der Waals surface area contributed by atoms with E-state index in [0.29, 0.717) is 48.6 Å². The number of hydrogen-bond acceptors (Lipinski definition) is 5. The summed E-state index contributed by atoms with van der Waals surface area (Å²) in [6.07, 6.45) is 1.29. The highest BCUT2D eigenvalue weighted by molar-refractivity contribution is 5.99. The van der Waals surface area contributed by atoms with E-state index in [1.54, 1.807) is 26.4 Å². The molecule has 1 atom stereocenters. The summed E-state index contributed by atoms with van der Waals surface area (Å²) in [6.45, 7) is 4.59. The Morgan fingerprint density at radius 3 is 2.41 bits per heavy atom. The number of aliphatic carboxylic acids is 1. The van der Waals surface area contributed by atoms with Gasteiger partial charge in [0.2, 0.25) is 5.75 Å². The maximum absolute atomic E-state index is 12.1. The molecule has 1 aliphatic heterocycles. The zero-order chi connectivity index (χ0) is 23.0. The van der Waals surface area contributed by atoms with Crippen LogP contribution < -0.4 is 19.5 Å². The molecule has 4 rings (SSSR count).